The highest BCUT2D eigenvalue weighted by Crippen LogP contribution is 2.23. The summed E-state index contributed by atoms with van der Waals surface area (Å²) in [7, 11) is 0. The zero-order chi connectivity index (χ0) is 14.9. The lowest BCUT2D eigenvalue weighted by Gasteiger charge is -2.12. The molecule has 2 rings (SSSR count). The third kappa shape index (κ3) is 5.14. The second-order valence-corrected chi connectivity index (χ2v) is 6.13. The molecule has 1 heterocycles. The van der Waals surface area contributed by atoms with Crippen molar-refractivity contribution < 1.29 is 4.74 Å². The summed E-state index contributed by atoms with van der Waals surface area (Å²) < 4.78 is 5.73. The highest BCUT2D eigenvalue weighted by molar-refractivity contribution is 7.09. The van der Waals surface area contributed by atoms with E-state index in [1.54, 1.807) is 11.3 Å². The van der Waals surface area contributed by atoms with E-state index in [0.717, 1.165) is 30.2 Å². The molecule has 0 amide bonds. The third-order valence-electron chi connectivity index (χ3n) is 3.51. The monoisotopic (exact) mass is 304 g/mol. The fourth-order valence-corrected chi connectivity index (χ4v) is 3.01. The molecule has 0 saturated heterocycles. The van der Waals surface area contributed by atoms with E-state index in [2.05, 4.69) is 36.2 Å². The maximum atomic E-state index is 5.88. The molecule has 2 aromatic rings. The van der Waals surface area contributed by atoms with Gasteiger partial charge in [0.15, 0.2) is 0 Å². The quantitative estimate of drug-likeness (QED) is 0.712. The molecule has 1 unspecified atom stereocenters. The molecule has 4 heteroatoms. The van der Waals surface area contributed by atoms with Crippen LogP contribution in [-0.2, 0) is 6.42 Å². The molecule has 0 radical (unpaired) electrons. The first-order valence-electron chi connectivity index (χ1n) is 7.64. The minimum atomic E-state index is 0.307. The van der Waals surface area contributed by atoms with Crippen LogP contribution in [0, 0.1) is 0 Å². The predicted molar refractivity (Wildman–Crippen MR) is 89.1 cm³/mol. The van der Waals surface area contributed by atoms with Gasteiger partial charge in [-0.15, -0.1) is 11.3 Å². The summed E-state index contributed by atoms with van der Waals surface area (Å²) >= 11 is 1.68. The topological polar surface area (TPSA) is 48.1 Å². The molecule has 21 heavy (non-hydrogen) atoms. The molecule has 0 aliphatic carbocycles. The summed E-state index contributed by atoms with van der Waals surface area (Å²) in [5.41, 5.74) is 7.16. The first kappa shape index (κ1) is 16.0. The summed E-state index contributed by atoms with van der Waals surface area (Å²) in [5, 5.41) is 3.13. The molecule has 114 valence electrons. The molecular formula is C17H24N2OS. The molecule has 1 aromatic carbocycles. The van der Waals surface area contributed by atoms with E-state index in [0.29, 0.717) is 12.5 Å². The van der Waals surface area contributed by atoms with Crippen molar-refractivity contribution >= 4 is 11.3 Å². The average molecular weight is 304 g/mol. The number of benzene rings is 1. The Bertz CT molecular complexity index is 496. The largest absolute Gasteiger partial charge is 0.494 e. The van der Waals surface area contributed by atoms with Crippen molar-refractivity contribution in [3.05, 3.63) is 46.4 Å². The predicted octanol–water partition coefficient (Wildman–Crippen LogP) is 4.00. The van der Waals surface area contributed by atoms with Gasteiger partial charge in [0.2, 0.25) is 0 Å². The van der Waals surface area contributed by atoms with Crippen molar-refractivity contribution in [1.29, 1.82) is 0 Å². The van der Waals surface area contributed by atoms with Crippen molar-refractivity contribution in [2.75, 3.05) is 13.2 Å². The number of ether oxygens (including phenoxy) is 1. The highest BCUT2D eigenvalue weighted by atomic mass is 32.1. The Kier molecular flexibility index (Phi) is 6.70. The molecule has 0 bridgehead atoms. The van der Waals surface area contributed by atoms with Crippen LogP contribution in [0.25, 0.3) is 0 Å². The Morgan fingerprint density at radius 3 is 2.67 bits per heavy atom. The maximum absolute atomic E-state index is 5.88. The molecule has 0 spiro atoms. The van der Waals surface area contributed by atoms with E-state index in [1.165, 1.54) is 18.4 Å². The van der Waals surface area contributed by atoms with E-state index in [-0.39, 0.29) is 0 Å². The van der Waals surface area contributed by atoms with Crippen LogP contribution < -0.4 is 10.5 Å². The van der Waals surface area contributed by atoms with E-state index in [9.17, 15) is 0 Å². The van der Waals surface area contributed by atoms with E-state index in [4.69, 9.17) is 10.5 Å². The van der Waals surface area contributed by atoms with Crippen molar-refractivity contribution in [2.24, 2.45) is 5.73 Å². The second-order valence-electron chi connectivity index (χ2n) is 5.21. The van der Waals surface area contributed by atoms with Crippen LogP contribution in [0.1, 0.15) is 42.7 Å². The maximum Gasteiger partial charge on any atom is 0.119 e. The smallest absolute Gasteiger partial charge is 0.119 e. The minimum Gasteiger partial charge on any atom is -0.494 e. The average Bonchev–Trinajstić information content (AvgIpc) is 3.05. The van der Waals surface area contributed by atoms with Crippen molar-refractivity contribution in [1.82, 2.24) is 4.98 Å². The Hall–Kier alpha value is -1.39. The Morgan fingerprint density at radius 1 is 1.24 bits per heavy atom. The van der Waals surface area contributed by atoms with Crippen LogP contribution >= 0.6 is 11.3 Å². The second kappa shape index (κ2) is 8.80. The minimum absolute atomic E-state index is 0.307. The van der Waals surface area contributed by atoms with Crippen LogP contribution in [-0.4, -0.2) is 18.1 Å². The SMILES string of the molecule is CCCCCOc1ccc(CC(CN)c2nccs2)cc1. The summed E-state index contributed by atoms with van der Waals surface area (Å²) in [6, 6.07) is 8.37. The van der Waals surface area contributed by atoms with Gasteiger partial charge in [0, 0.05) is 24.0 Å². The molecule has 0 fully saturated rings. The standard InChI is InChI=1S/C17H24N2OS/c1-2-3-4-10-20-16-7-5-14(6-8-16)12-15(13-18)17-19-9-11-21-17/h5-9,11,15H,2-4,10,12-13,18H2,1H3. The lowest BCUT2D eigenvalue weighted by Crippen LogP contribution is -2.14. The first-order valence-corrected chi connectivity index (χ1v) is 8.52. The summed E-state index contributed by atoms with van der Waals surface area (Å²) in [4.78, 5) is 4.37. The van der Waals surface area contributed by atoms with Crippen molar-refractivity contribution in [3.63, 3.8) is 0 Å². The number of hydrogen-bond donors (Lipinski definition) is 1. The van der Waals surface area contributed by atoms with Crippen LogP contribution in [0.5, 0.6) is 5.75 Å². The van der Waals surface area contributed by atoms with Crippen LogP contribution in [0.15, 0.2) is 35.8 Å². The summed E-state index contributed by atoms with van der Waals surface area (Å²) in [6.45, 7) is 3.63. The summed E-state index contributed by atoms with van der Waals surface area (Å²) in [5.74, 6) is 1.26. The van der Waals surface area contributed by atoms with Gasteiger partial charge in [-0.1, -0.05) is 31.9 Å². The molecule has 1 aromatic heterocycles. The van der Waals surface area contributed by atoms with Gasteiger partial charge in [-0.3, -0.25) is 0 Å². The fourth-order valence-electron chi connectivity index (χ4n) is 2.26. The van der Waals surface area contributed by atoms with Crippen LogP contribution in [0.3, 0.4) is 0 Å². The molecule has 1 atom stereocenters. The van der Waals surface area contributed by atoms with Gasteiger partial charge in [0.25, 0.3) is 0 Å². The van der Waals surface area contributed by atoms with Gasteiger partial charge in [-0.05, 0) is 30.5 Å². The Balaban J connectivity index is 1.86. The molecule has 0 saturated carbocycles. The van der Waals surface area contributed by atoms with Gasteiger partial charge < -0.3 is 10.5 Å². The lowest BCUT2D eigenvalue weighted by molar-refractivity contribution is 0.306. The van der Waals surface area contributed by atoms with E-state index >= 15 is 0 Å². The van der Waals surface area contributed by atoms with Crippen molar-refractivity contribution in [2.45, 2.75) is 38.5 Å². The van der Waals surface area contributed by atoms with Crippen LogP contribution in [0.4, 0.5) is 0 Å². The van der Waals surface area contributed by atoms with Crippen molar-refractivity contribution in [3.8, 4) is 5.75 Å². The number of unbranched alkanes of at least 4 members (excludes halogenated alkanes) is 2. The molecule has 3 nitrogen and oxygen atoms in total. The number of aromatic nitrogens is 1. The molecular weight excluding hydrogens is 280 g/mol. The Labute approximate surface area is 131 Å². The van der Waals surface area contributed by atoms with Gasteiger partial charge in [0.05, 0.1) is 11.6 Å². The summed E-state index contributed by atoms with van der Waals surface area (Å²) in [6.07, 6.45) is 6.34. The molecule has 0 aliphatic heterocycles. The number of hydrogen-bond acceptors (Lipinski definition) is 4. The number of nitrogens with zero attached hydrogens (tertiary/aromatic N) is 1. The van der Waals surface area contributed by atoms with Gasteiger partial charge in [0.1, 0.15) is 5.75 Å². The normalized spacial score (nSPS) is 12.3. The first-order chi connectivity index (χ1) is 10.3. The number of rotatable bonds is 9. The van der Waals surface area contributed by atoms with E-state index < -0.39 is 0 Å². The lowest BCUT2D eigenvalue weighted by atomic mass is 10.00. The van der Waals surface area contributed by atoms with Crippen LogP contribution in [0.2, 0.25) is 0 Å². The highest BCUT2D eigenvalue weighted by Gasteiger charge is 2.13. The number of nitrogens with two attached hydrogens (primary N) is 1. The number of thiazole rings is 1. The zero-order valence-electron chi connectivity index (χ0n) is 12.6. The third-order valence-corrected chi connectivity index (χ3v) is 4.45. The molecule has 0 aliphatic rings. The van der Waals surface area contributed by atoms with E-state index in [1.807, 2.05) is 11.6 Å². The molecule has 2 N–H and O–H groups in total. The zero-order valence-corrected chi connectivity index (χ0v) is 13.4. The Morgan fingerprint density at radius 2 is 2.05 bits per heavy atom. The fraction of sp³-hybridized carbons (Fsp3) is 0.471. The van der Waals surface area contributed by atoms with Gasteiger partial charge in [-0.25, -0.2) is 4.98 Å². The van der Waals surface area contributed by atoms with Gasteiger partial charge >= 0.3 is 0 Å². The van der Waals surface area contributed by atoms with Gasteiger partial charge in [-0.2, -0.15) is 0 Å².